The molecule has 0 amide bonds. The fourth-order valence-corrected chi connectivity index (χ4v) is 5.43. The Morgan fingerprint density at radius 2 is 1.54 bits per heavy atom. The van der Waals surface area contributed by atoms with Gasteiger partial charge in [0.1, 0.15) is 18.5 Å². The number of benzene rings is 3. The van der Waals surface area contributed by atoms with Crippen LogP contribution in [0.5, 0.6) is 5.75 Å². The van der Waals surface area contributed by atoms with Crippen LogP contribution in [-0.4, -0.2) is 5.90 Å². The third kappa shape index (κ3) is 3.31. The van der Waals surface area contributed by atoms with E-state index in [0.717, 1.165) is 11.1 Å². The molecule has 182 valence electrons. The molecule has 2 saturated heterocycles. The van der Waals surface area contributed by atoms with Crippen LogP contribution in [0.3, 0.4) is 0 Å². The number of nitrogens with one attached hydrogen (secondary N) is 1. The Morgan fingerprint density at radius 3 is 2.14 bits per heavy atom. The summed E-state index contributed by atoms with van der Waals surface area (Å²) in [6, 6.07) is 30.4. The molecule has 0 radical (unpaired) electrons. The number of nitrogens with zero attached hydrogens (tertiary/aromatic N) is 3. The first-order valence-corrected chi connectivity index (χ1v) is 11.9. The predicted molar refractivity (Wildman–Crippen MR) is 134 cm³/mol. The standard InChI is InChI=1S/C30H24N4O3/c1-20-8-12-24(13-9-20)30-21(2)29(19-33,27(34)37-30)28(17-31,18-32)26(36-30)23-10-14-25(15-11-23)35-16-22-6-4-3-5-7-22/h3-15,21,26,34H,16H2,1-2H3. The van der Waals surface area contributed by atoms with E-state index in [2.05, 4.69) is 18.2 Å². The molecule has 0 saturated carbocycles. The highest BCUT2D eigenvalue weighted by Crippen LogP contribution is 2.68. The zero-order valence-electron chi connectivity index (χ0n) is 20.4. The predicted octanol–water partition coefficient (Wildman–Crippen LogP) is 5.69. The molecule has 1 N–H and O–H groups in total. The fraction of sp³-hybridized carbons (Fsp3) is 0.267. The second-order valence-corrected chi connectivity index (χ2v) is 9.48. The van der Waals surface area contributed by atoms with Crippen LogP contribution in [0.1, 0.15) is 35.3 Å². The Morgan fingerprint density at radius 1 is 0.892 bits per heavy atom. The van der Waals surface area contributed by atoms with E-state index in [1.807, 2.05) is 61.5 Å². The Balaban J connectivity index is 1.58. The summed E-state index contributed by atoms with van der Waals surface area (Å²) in [4.78, 5) is 0. The van der Waals surface area contributed by atoms with Crippen LogP contribution in [0, 0.1) is 63.1 Å². The fourth-order valence-electron chi connectivity index (χ4n) is 5.43. The summed E-state index contributed by atoms with van der Waals surface area (Å²) in [7, 11) is 0. The topological polar surface area (TPSA) is 123 Å². The van der Waals surface area contributed by atoms with Gasteiger partial charge in [0.25, 0.3) is 0 Å². The smallest absolute Gasteiger partial charge is 0.244 e. The molecule has 3 aromatic carbocycles. The second-order valence-electron chi connectivity index (χ2n) is 9.48. The van der Waals surface area contributed by atoms with E-state index in [0.29, 0.717) is 23.5 Å². The maximum absolute atomic E-state index is 10.5. The Hall–Kier alpha value is -4.64. The van der Waals surface area contributed by atoms with Gasteiger partial charge in [0, 0.05) is 5.56 Å². The summed E-state index contributed by atoms with van der Waals surface area (Å²) in [6.07, 6.45) is -1.16. The minimum absolute atomic E-state index is 0.386. The van der Waals surface area contributed by atoms with E-state index in [1.54, 1.807) is 31.2 Å². The minimum atomic E-state index is -2.02. The number of ether oxygens (including phenoxy) is 3. The van der Waals surface area contributed by atoms with Crippen LogP contribution >= 0.6 is 0 Å². The molecule has 7 nitrogen and oxygen atoms in total. The van der Waals surface area contributed by atoms with Crippen molar-refractivity contribution < 1.29 is 14.2 Å². The highest BCUT2D eigenvalue weighted by molar-refractivity contribution is 5.89. The lowest BCUT2D eigenvalue weighted by Crippen LogP contribution is -2.57. The van der Waals surface area contributed by atoms with E-state index in [1.165, 1.54) is 0 Å². The zero-order valence-corrected chi connectivity index (χ0v) is 20.4. The molecule has 3 aromatic rings. The molecular weight excluding hydrogens is 464 g/mol. The van der Waals surface area contributed by atoms with Crippen molar-refractivity contribution in [3.63, 3.8) is 0 Å². The molecule has 2 heterocycles. The van der Waals surface area contributed by atoms with Crippen molar-refractivity contribution in [2.45, 2.75) is 32.3 Å². The summed E-state index contributed by atoms with van der Waals surface area (Å²) in [6.45, 7) is 4.03. The highest BCUT2D eigenvalue weighted by Gasteiger charge is 2.79. The van der Waals surface area contributed by atoms with Gasteiger partial charge in [-0.25, -0.2) is 0 Å². The lowest BCUT2D eigenvalue weighted by Gasteiger charge is -2.48. The Labute approximate surface area is 215 Å². The van der Waals surface area contributed by atoms with Gasteiger partial charge in [-0.15, -0.1) is 0 Å². The third-order valence-electron chi connectivity index (χ3n) is 7.55. The monoisotopic (exact) mass is 488 g/mol. The molecule has 7 heteroatoms. The Bertz CT molecular complexity index is 1450. The van der Waals surface area contributed by atoms with Gasteiger partial charge in [0.2, 0.25) is 17.1 Å². The summed E-state index contributed by atoms with van der Waals surface area (Å²) >= 11 is 0. The summed E-state index contributed by atoms with van der Waals surface area (Å²) in [5.41, 5.74) is -0.690. The largest absolute Gasteiger partial charge is 0.489 e. The van der Waals surface area contributed by atoms with Gasteiger partial charge in [-0.2, -0.15) is 15.8 Å². The number of aryl methyl sites for hydroxylation is 1. The van der Waals surface area contributed by atoms with E-state index in [-0.39, 0.29) is 0 Å². The van der Waals surface area contributed by atoms with Gasteiger partial charge < -0.3 is 14.2 Å². The molecule has 2 bridgehead atoms. The summed E-state index contributed by atoms with van der Waals surface area (Å²) in [5.74, 6) is -2.14. The number of hydrogen-bond acceptors (Lipinski definition) is 7. The molecule has 0 spiro atoms. The molecule has 4 atom stereocenters. The van der Waals surface area contributed by atoms with Crippen LogP contribution < -0.4 is 4.74 Å². The van der Waals surface area contributed by atoms with Crippen molar-refractivity contribution >= 4 is 5.90 Å². The average molecular weight is 489 g/mol. The lowest BCUT2D eigenvalue weighted by molar-refractivity contribution is -0.288. The Kier molecular flexibility index (Phi) is 5.72. The van der Waals surface area contributed by atoms with E-state index in [4.69, 9.17) is 19.6 Å². The highest BCUT2D eigenvalue weighted by atomic mass is 16.7. The van der Waals surface area contributed by atoms with E-state index in [9.17, 15) is 15.8 Å². The maximum atomic E-state index is 10.5. The minimum Gasteiger partial charge on any atom is -0.489 e. The van der Waals surface area contributed by atoms with E-state index < -0.39 is 34.5 Å². The van der Waals surface area contributed by atoms with E-state index >= 15 is 0 Å². The number of nitriles is 3. The first-order chi connectivity index (χ1) is 17.9. The lowest BCUT2D eigenvalue weighted by atomic mass is 9.53. The molecular formula is C30H24N4O3. The average Bonchev–Trinajstić information content (AvgIpc) is 3.09. The van der Waals surface area contributed by atoms with Gasteiger partial charge in [-0.3, -0.25) is 5.41 Å². The van der Waals surface area contributed by atoms with Gasteiger partial charge in [-0.05, 0) is 30.2 Å². The first kappa shape index (κ1) is 24.1. The van der Waals surface area contributed by atoms with Crippen molar-refractivity contribution in [2.75, 3.05) is 0 Å². The molecule has 5 rings (SSSR count). The first-order valence-electron chi connectivity index (χ1n) is 11.9. The number of hydrogen-bond donors (Lipinski definition) is 1. The molecule has 2 fully saturated rings. The van der Waals surface area contributed by atoms with Crippen LogP contribution in [0.2, 0.25) is 0 Å². The van der Waals surface area contributed by atoms with Crippen molar-refractivity contribution in [2.24, 2.45) is 16.7 Å². The van der Waals surface area contributed by atoms with Gasteiger partial charge in [-0.1, -0.05) is 79.2 Å². The maximum Gasteiger partial charge on any atom is 0.244 e. The molecule has 0 aliphatic carbocycles. The van der Waals surface area contributed by atoms with Crippen molar-refractivity contribution in [3.05, 3.63) is 101 Å². The number of rotatable bonds is 5. The normalized spacial score (nSPS) is 27.3. The van der Waals surface area contributed by atoms with Crippen LogP contribution in [-0.2, 0) is 21.9 Å². The van der Waals surface area contributed by atoms with Gasteiger partial charge in [0.05, 0.1) is 24.1 Å². The quantitative estimate of drug-likeness (QED) is 0.492. The van der Waals surface area contributed by atoms with Crippen molar-refractivity contribution in [1.29, 1.82) is 21.2 Å². The number of fused-ring (bicyclic) bond motifs is 2. The van der Waals surface area contributed by atoms with Crippen molar-refractivity contribution in [1.82, 2.24) is 0 Å². The second kappa shape index (κ2) is 8.79. The zero-order chi connectivity index (χ0) is 26.3. The molecule has 4 unspecified atom stereocenters. The SMILES string of the molecule is Cc1ccc(C23OC(=N)C(C#N)(C2C)C(C#N)(C#N)C(c2ccc(OCc4ccccc4)cc2)O3)cc1. The molecule has 37 heavy (non-hydrogen) atoms. The molecule has 2 aliphatic rings. The summed E-state index contributed by atoms with van der Waals surface area (Å²) in [5, 5.41) is 40.0. The van der Waals surface area contributed by atoms with Gasteiger partial charge in [0.15, 0.2) is 5.41 Å². The summed E-state index contributed by atoms with van der Waals surface area (Å²) < 4.78 is 18.5. The van der Waals surface area contributed by atoms with Crippen LogP contribution in [0.4, 0.5) is 0 Å². The third-order valence-corrected chi connectivity index (χ3v) is 7.55. The van der Waals surface area contributed by atoms with Crippen LogP contribution in [0.15, 0.2) is 78.9 Å². The molecule has 0 aromatic heterocycles. The van der Waals surface area contributed by atoms with Gasteiger partial charge >= 0.3 is 0 Å². The van der Waals surface area contributed by atoms with Crippen LogP contribution in [0.25, 0.3) is 0 Å². The van der Waals surface area contributed by atoms with Crippen molar-refractivity contribution in [3.8, 4) is 24.0 Å². The molecule has 2 aliphatic heterocycles.